The number of hydrogen-bond acceptors (Lipinski definition) is 3. The van der Waals surface area contributed by atoms with Crippen molar-refractivity contribution in [2.75, 3.05) is 13.2 Å². The van der Waals surface area contributed by atoms with Gasteiger partial charge < -0.3 is 13.9 Å². The minimum absolute atomic E-state index is 0.105. The normalized spacial score (nSPS) is 11.9. The van der Waals surface area contributed by atoms with Crippen LogP contribution in [0.15, 0.2) is 12.1 Å². The highest BCUT2D eigenvalue weighted by molar-refractivity contribution is 6.27. The average Bonchev–Trinajstić information content (AvgIpc) is 2.37. The van der Waals surface area contributed by atoms with Crippen molar-refractivity contribution in [3.8, 4) is 0 Å². The van der Waals surface area contributed by atoms with Crippen LogP contribution in [0.4, 0.5) is 13.2 Å². The van der Waals surface area contributed by atoms with Crippen molar-refractivity contribution in [2.24, 2.45) is 0 Å². The maximum atomic E-state index is 13.4. The third-order valence-electron chi connectivity index (χ3n) is 2.54. The molecular weight excluding hydrogens is 289 g/mol. The van der Waals surface area contributed by atoms with Crippen molar-refractivity contribution in [1.29, 1.82) is 0 Å². The van der Waals surface area contributed by atoms with Crippen LogP contribution >= 0.6 is 0 Å². The van der Waals surface area contributed by atoms with E-state index in [2.05, 4.69) is 0 Å². The van der Waals surface area contributed by atoms with Crippen LogP contribution in [0.25, 0.3) is 0 Å². The number of halogens is 3. The number of benzene rings is 1. The Labute approximate surface area is 119 Å². The summed E-state index contributed by atoms with van der Waals surface area (Å²) in [5.41, 5.74) is -0.105. The van der Waals surface area contributed by atoms with Crippen LogP contribution in [-0.4, -0.2) is 29.5 Å². The van der Waals surface area contributed by atoms with E-state index in [9.17, 15) is 13.2 Å². The molecule has 0 radical (unpaired) electrons. The number of hydrogen-bond donors (Lipinski definition) is 0. The van der Waals surface area contributed by atoms with Gasteiger partial charge in [-0.05, 0) is 26.3 Å². The lowest BCUT2D eigenvalue weighted by Crippen LogP contribution is -2.23. The molecule has 0 aromatic heterocycles. The highest BCUT2D eigenvalue weighted by atomic mass is 28.2. The van der Waals surface area contributed by atoms with E-state index in [1.807, 2.05) is 13.8 Å². The van der Waals surface area contributed by atoms with Crippen LogP contribution in [0.5, 0.6) is 0 Å². The molecule has 0 atom stereocenters. The van der Waals surface area contributed by atoms with Crippen molar-refractivity contribution < 1.29 is 27.1 Å². The smallest absolute Gasteiger partial charge is 0.261 e. The second kappa shape index (κ2) is 9.12. The van der Waals surface area contributed by atoms with Gasteiger partial charge >= 0.3 is 0 Å². The molecule has 114 valence electrons. The number of ether oxygens (including phenoxy) is 2. The molecule has 0 aliphatic rings. The second-order valence-electron chi connectivity index (χ2n) is 4.02. The SMILES string of the molecule is CCOC(OCC)O[SiH2]CCc1c(F)cc(F)cc1F. The fraction of sp³-hybridized carbons (Fsp3) is 0.538. The lowest BCUT2D eigenvalue weighted by molar-refractivity contribution is -0.243. The van der Waals surface area contributed by atoms with Gasteiger partial charge in [0.1, 0.15) is 17.5 Å². The third-order valence-corrected chi connectivity index (χ3v) is 3.69. The zero-order valence-corrected chi connectivity index (χ0v) is 13.0. The minimum atomic E-state index is -1.04. The van der Waals surface area contributed by atoms with Gasteiger partial charge in [0.2, 0.25) is 0 Å². The third kappa shape index (κ3) is 5.62. The van der Waals surface area contributed by atoms with E-state index in [0.29, 0.717) is 31.4 Å². The van der Waals surface area contributed by atoms with E-state index in [4.69, 9.17) is 13.9 Å². The van der Waals surface area contributed by atoms with Crippen LogP contribution in [-0.2, 0) is 20.3 Å². The predicted octanol–water partition coefficient (Wildman–Crippen LogP) is 2.52. The Morgan fingerprint density at radius 1 is 1.05 bits per heavy atom. The van der Waals surface area contributed by atoms with Gasteiger partial charge in [-0.15, -0.1) is 0 Å². The molecule has 1 aromatic carbocycles. The Kier molecular flexibility index (Phi) is 7.82. The first kappa shape index (κ1) is 17.2. The summed E-state index contributed by atoms with van der Waals surface area (Å²) in [6, 6.07) is 1.88. The van der Waals surface area contributed by atoms with E-state index in [-0.39, 0.29) is 12.0 Å². The van der Waals surface area contributed by atoms with Gasteiger partial charge in [-0.2, -0.15) is 0 Å². The molecule has 0 N–H and O–H groups in total. The molecule has 0 saturated heterocycles. The van der Waals surface area contributed by atoms with Gasteiger partial charge in [-0.25, -0.2) is 13.2 Å². The van der Waals surface area contributed by atoms with Gasteiger partial charge in [0.05, 0.1) is 0 Å². The molecule has 1 aromatic rings. The Morgan fingerprint density at radius 3 is 2.10 bits per heavy atom. The highest BCUT2D eigenvalue weighted by Gasteiger charge is 2.12. The molecule has 0 saturated carbocycles. The van der Waals surface area contributed by atoms with Crippen LogP contribution in [0, 0.1) is 17.5 Å². The zero-order chi connectivity index (χ0) is 15.0. The molecule has 3 nitrogen and oxygen atoms in total. The maximum absolute atomic E-state index is 13.4. The molecule has 1 rings (SSSR count). The van der Waals surface area contributed by atoms with E-state index in [0.717, 1.165) is 0 Å². The Bertz CT molecular complexity index is 389. The fourth-order valence-electron chi connectivity index (χ4n) is 1.66. The molecular formula is C13H19F3O3Si. The molecule has 7 heteroatoms. The Balaban J connectivity index is 2.40. The van der Waals surface area contributed by atoms with Crippen molar-refractivity contribution in [3.63, 3.8) is 0 Å². The van der Waals surface area contributed by atoms with Gasteiger partial charge in [-0.3, -0.25) is 0 Å². The summed E-state index contributed by atoms with van der Waals surface area (Å²) in [5.74, 6) is -2.63. The molecule has 0 bridgehead atoms. The molecule has 0 fully saturated rings. The topological polar surface area (TPSA) is 27.7 Å². The molecule has 0 unspecified atom stereocenters. The molecule has 0 aliphatic heterocycles. The zero-order valence-electron chi connectivity index (χ0n) is 11.6. The second-order valence-corrected chi connectivity index (χ2v) is 5.47. The summed E-state index contributed by atoms with van der Waals surface area (Å²) >= 11 is 0. The monoisotopic (exact) mass is 308 g/mol. The minimum Gasteiger partial charge on any atom is -0.379 e. The predicted molar refractivity (Wildman–Crippen MR) is 71.5 cm³/mol. The molecule has 20 heavy (non-hydrogen) atoms. The summed E-state index contributed by atoms with van der Waals surface area (Å²) in [4.78, 5) is 0. The summed E-state index contributed by atoms with van der Waals surface area (Å²) < 4.78 is 55.3. The van der Waals surface area contributed by atoms with Crippen molar-refractivity contribution >= 4 is 9.76 Å². The lowest BCUT2D eigenvalue weighted by Gasteiger charge is -2.17. The van der Waals surface area contributed by atoms with Crippen LogP contribution in [0.1, 0.15) is 19.4 Å². The molecule has 0 amide bonds. The first-order valence-corrected chi connectivity index (χ1v) is 8.14. The standard InChI is InChI=1S/C13H19F3O3Si/c1-3-17-13(18-4-2)19-20-6-5-10-11(15)7-9(14)8-12(10)16/h7-8,13H,3-6,20H2,1-2H3. The van der Waals surface area contributed by atoms with Crippen LogP contribution in [0.3, 0.4) is 0 Å². The van der Waals surface area contributed by atoms with Crippen LogP contribution < -0.4 is 0 Å². The quantitative estimate of drug-likeness (QED) is 0.398. The average molecular weight is 308 g/mol. The maximum Gasteiger partial charge on any atom is 0.261 e. The van der Waals surface area contributed by atoms with Crippen molar-refractivity contribution in [1.82, 2.24) is 0 Å². The van der Waals surface area contributed by atoms with E-state index in [1.165, 1.54) is 0 Å². The van der Waals surface area contributed by atoms with Crippen LogP contribution in [0.2, 0.25) is 6.04 Å². The van der Waals surface area contributed by atoms with Gasteiger partial charge in [-0.1, -0.05) is 0 Å². The van der Waals surface area contributed by atoms with E-state index >= 15 is 0 Å². The molecule has 0 heterocycles. The highest BCUT2D eigenvalue weighted by Crippen LogP contribution is 2.16. The van der Waals surface area contributed by atoms with E-state index in [1.54, 1.807) is 0 Å². The van der Waals surface area contributed by atoms with Crippen molar-refractivity contribution in [2.45, 2.75) is 32.8 Å². The first-order chi connectivity index (χ1) is 9.58. The van der Waals surface area contributed by atoms with Gasteiger partial charge in [0.25, 0.3) is 6.48 Å². The first-order valence-electron chi connectivity index (χ1n) is 6.56. The Morgan fingerprint density at radius 2 is 1.60 bits per heavy atom. The summed E-state index contributed by atoms with van der Waals surface area (Å²) in [5, 5.41) is 0. The van der Waals surface area contributed by atoms with Gasteiger partial charge in [0.15, 0.2) is 9.76 Å². The van der Waals surface area contributed by atoms with Crippen molar-refractivity contribution in [3.05, 3.63) is 35.1 Å². The lowest BCUT2D eigenvalue weighted by atomic mass is 10.1. The van der Waals surface area contributed by atoms with E-state index < -0.39 is 33.7 Å². The number of rotatable bonds is 9. The molecule has 0 spiro atoms. The summed E-state index contributed by atoms with van der Waals surface area (Å²) in [6.45, 7) is 3.85. The fourth-order valence-corrected chi connectivity index (χ4v) is 2.71. The summed E-state index contributed by atoms with van der Waals surface area (Å²) in [7, 11) is -1.04. The molecule has 0 aliphatic carbocycles. The Hall–Kier alpha value is -0.893. The largest absolute Gasteiger partial charge is 0.379 e. The summed E-state index contributed by atoms with van der Waals surface area (Å²) in [6.07, 6.45) is 0.176. The van der Waals surface area contributed by atoms with Gasteiger partial charge in [0, 0.05) is 30.9 Å².